The van der Waals surface area contributed by atoms with Crippen LogP contribution in [0.3, 0.4) is 0 Å². The maximum atomic E-state index is 11.8. The van der Waals surface area contributed by atoms with Crippen LogP contribution in [-0.2, 0) is 14.3 Å². The Kier molecular flexibility index (Phi) is 5.30. The van der Waals surface area contributed by atoms with Crippen LogP contribution >= 0.6 is 0 Å². The van der Waals surface area contributed by atoms with E-state index in [0.717, 1.165) is 0 Å². The Labute approximate surface area is 107 Å². The monoisotopic (exact) mass is 256 g/mol. The van der Waals surface area contributed by atoms with Crippen molar-refractivity contribution in [2.45, 2.75) is 18.9 Å². The summed E-state index contributed by atoms with van der Waals surface area (Å²) in [4.78, 5) is 24.7. The van der Waals surface area contributed by atoms with Crippen molar-refractivity contribution in [1.82, 2.24) is 10.2 Å². The lowest BCUT2D eigenvalue weighted by Gasteiger charge is -2.42. The molecule has 0 aliphatic carbocycles. The summed E-state index contributed by atoms with van der Waals surface area (Å²) in [6.07, 6.45) is 1.65. The lowest BCUT2D eigenvalue weighted by Crippen LogP contribution is -2.63. The molecule has 0 spiro atoms. The lowest BCUT2D eigenvalue weighted by molar-refractivity contribution is -0.139. The number of carbonyl (C=O) groups is 2. The Morgan fingerprint density at radius 2 is 2.22 bits per heavy atom. The minimum atomic E-state index is -0.470. The van der Waals surface area contributed by atoms with Gasteiger partial charge < -0.3 is 20.1 Å². The van der Waals surface area contributed by atoms with Crippen molar-refractivity contribution < 1.29 is 19.4 Å². The van der Waals surface area contributed by atoms with E-state index in [0.29, 0.717) is 26.2 Å². The SMILES string of the molecule is C=CC(=O)N(CC)CC(=O)NC1(CCO)COC1. The van der Waals surface area contributed by atoms with Crippen LogP contribution in [-0.4, -0.2) is 60.3 Å². The first-order valence-corrected chi connectivity index (χ1v) is 5.98. The Balaban J connectivity index is 2.49. The second kappa shape index (κ2) is 6.51. The molecule has 102 valence electrons. The highest BCUT2D eigenvalue weighted by molar-refractivity contribution is 5.91. The molecule has 0 unspecified atom stereocenters. The van der Waals surface area contributed by atoms with E-state index in [-0.39, 0.29) is 25.0 Å². The second-order valence-electron chi connectivity index (χ2n) is 4.35. The summed E-state index contributed by atoms with van der Waals surface area (Å²) >= 11 is 0. The molecule has 0 aromatic heterocycles. The van der Waals surface area contributed by atoms with Crippen LogP contribution in [0.15, 0.2) is 12.7 Å². The van der Waals surface area contributed by atoms with Crippen LogP contribution in [0.2, 0.25) is 0 Å². The number of aliphatic hydroxyl groups excluding tert-OH is 1. The van der Waals surface area contributed by atoms with E-state index in [1.807, 2.05) is 0 Å². The predicted molar refractivity (Wildman–Crippen MR) is 65.8 cm³/mol. The minimum absolute atomic E-state index is 0.00542. The van der Waals surface area contributed by atoms with E-state index < -0.39 is 5.54 Å². The van der Waals surface area contributed by atoms with Gasteiger partial charge in [0, 0.05) is 13.2 Å². The van der Waals surface area contributed by atoms with Gasteiger partial charge in [0.05, 0.1) is 25.3 Å². The molecule has 0 aromatic carbocycles. The highest BCUT2D eigenvalue weighted by Gasteiger charge is 2.39. The van der Waals surface area contributed by atoms with Crippen molar-refractivity contribution >= 4 is 11.8 Å². The highest BCUT2D eigenvalue weighted by atomic mass is 16.5. The van der Waals surface area contributed by atoms with Crippen LogP contribution in [0.25, 0.3) is 0 Å². The average molecular weight is 256 g/mol. The third-order valence-electron chi connectivity index (χ3n) is 2.95. The number of hydrogen-bond acceptors (Lipinski definition) is 4. The molecule has 2 amide bonds. The highest BCUT2D eigenvalue weighted by Crippen LogP contribution is 2.20. The summed E-state index contributed by atoms with van der Waals surface area (Å²) in [5.74, 6) is -0.516. The van der Waals surface area contributed by atoms with E-state index >= 15 is 0 Å². The topological polar surface area (TPSA) is 78.9 Å². The molecule has 6 nitrogen and oxygen atoms in total. The largest absolute Gasteiger partial charge is 0.396 e. The molecule has 1 fully saturated rings. The number of likely N-dealkylation sites (N-methyl/N-ethyl adjacent to an activating group) is 1. The molecule has 0 saturated carbocycles. The number of aliphatic hydroxyl groups is 1. The van der Waals surface area contributed by atoms with Gasteiger partial charge in [0.15, 0.2) is 0 Å². The number of carbonyl (C=O) groups excluding carboxylic acids is 2. The standard InChI is InChI=1S/C12H20N2O4/c1-3-11(17)14(4-2)7-10(16)13-12(5-6-15)8-18-9-12/h3,15H,1,4-9H2,2H3,(H,13,16). The molecule has 1 saturated heterocycles. The van der Waals surface area contributed by atoms with Crippen LogP contribution in [0.4, 0.5) is 0 Å². The van der Waals surface area contributed by atoms with Crippen molar-refractivity contribution in [3.8, 4) is 0 Å². The number of rotatable bonds is 7. The number of ether oxygens (including phenoxy) is 1. The van der Waals surface area contributed by atoms with Gasteiger partial charge in [-0.3, -0.25) is 9.59 Å². The predicted octanol–water partition coefficient (Wildman–Crippen LogP) is -0.711. The molecule has 18 heavy (non-hydrogen) atoms. The zero-order chi connectivity index (χ0) is 13.6. The Bertz CT molecular complexity index is 326. The third-order valence-corrected chi connectivity index (χ3v) is 2.95. The number of nitrogens with one attached hydrogen (secondary N) is 1. The normalized spacial score (nSPS) is 16.6. The molecule has 2 N–H and O–H groups in total. The quantitative estimate of drug-likeness (QED) is 0.590. The van der Waals surface area contributed by atoms with E-state index in [9.17, 15) is 9.59 Å². The molecule has 0 radical (unpaired) electrons. The van der Waals surface area contributed by atoms with Crippen LogP contribution in [0.1, 0.15) is 13.3 Å². The fourth-order valence-electron chi connectivity index (χ4n) is 1.82. The summed E-state index contributed by atoms with van der Waals surface area (Å²) in [5, 5.41) is 11.8. The van der Waals surface area contributed by atoms with Gasteiger partial charge in [-0.1, -0.05) is 6.58 Å². The first-order valence-electron chi connectivity index (χ1n) is 5.98. The molecule has 0 bridgehead atoms. The molecule has 6 heteroatoms. The van der Waals surface area contributed by atoms with Gasteiger partial charge in [-0.15, -0.1) is 0 Å². The van der Waals surface area contributed by atoms with Gasteiger partial charge in [-0.05, 0) is 19.4 Å². The molecule has 1 heterocycles. The third kappa shape index (κ3) is 3.54. The fourth-order valence-corrected chi connectivity index (χ4v) is 1.82. The van der Waals surface area contributed by atoms with Crippen LogP contribution in [0, 0.1) is 0 Å². The van der Waals surface area contributed by atoms with Gasteiger partial charge in [0.2, 0.25) is 11.8 Å². The summed E-state index contributed by atoms with van der Waals surface area (Å²) < 4.78 is 5.07. The number of nitrogens with zero attached hydrogens (tertiary/aromatic N) is 1. The van der Waals surface area contributed by atoms with Crippen molar-refractivity contribution in [3.05, 3.63) is 12.7 Å². The molecule has 0 atom stereocenters. The molecule has 1 aliphatic heterocycles. The van der Waals surface area contributed by atoms with E-state index in [2.05, 4.69) is 11.9 Å². The Morgan fingerprint density at radius 3 is 2.61 bits per heavy atom. The summed E-state index contributed by atoms with van der Waals surface area (Å²) in [6.45, 7) is 6.43. The van der Waals surface area contributed by atoms with E-state index in [1.165, 1.54) is 11.0 Å². The molecular formula is C12H20N2O4. The second-order valence-corrected chi connectivity index (χ2v) is 4.35. The maximum absolute atomic E-state index is 11.8. The minimum Gasteiger partial charge on any atom is -0.396 e. The lowest BCUT2D eigenvalue weighted by atomic mass is 9.93. The first kappa shape index (κ1) is 14.7. The van der Waals surface area contributed by atoms with Crippen LogP contribution in [0.5, 0.6) is 0 Å². The number of hydrogen-bond donors (Lipinski definition) is 2. The summed E-state index contributed by atoms with van der Waals surface area (Å²) in [5.41, 5.74) is -0.470. The molecule has 1 rings (SSSR count). The van der Waals surface area contributed by atoms with Crippen molar-refractivity contribution in [2.24, 2.45) is 0 Å². The van der Waals surface area contributed by atoms with Gasteiger partial charge in [-0.25, -0.2) is 0 Å². The Hall–Kier alpha value is -1.40. The first-order chi connectivity index (χ1) is 8.56. The molecule has 0 aromatic rings. The van der Waals surface area contributed by atoms with Crippen LogP contribution < -0.4 is 5.32 Å². The van der Waals surface area contributed by atoms with Crippen molar-refractivity contribution in [2.75, 3.05) is 32.9 Å². The molecule has 1 aliphatic rings. The molecular weight excluding hydrogens is 236 g/mol. The van der Waals surface area contributed by atoms with Crippen molar-refractivity contribution in [3.63, 3.8) is 0 Å². The zero-order valence-electron chi connectivity index (χ0n) is 10.6. The average Bonchev–Trinajstić information content (AvgIpc) is 2.32. The van der Waals surface area contributed by atoms with Gasteiger partial charge >= 0.3 is 0 Å². The smallest absolute Gasteiger partial charge is 0.246 e. The van der Waals surface area contributed by atoms with Gasteiger partial charge in [-0.2, -0.15) is 0 Å². The van der Waals surface area contributed by atoms with Gasteiger partial charge in [0.1, 0.15) is 0 Å². The Morgan fingerprint density at radius 1 is 1.56 bits per heavy atom. The van der Waals surface area contributed by atoms with E-state index in [4.69, 9.17) is 9.84 Å². The van der Waals surface area contributed by atoms with Crippen molar-refractivity contribution in [1.29, 1.82) is 0 Å². The fraction of sp³-hybridized carbons (Fsp3) is 0.667. The zero-order valence-corrected chi connectivity index (χ0v) is 10.6. The summed E-state index contributed by atoms with van der Waals surface area (Å²) in [7, 11) is 0. The number of amides is 2. The maximum Gasteiger partial charge on any atom is 0.246 e. The van der Waals surface area contributed by atoms with E-state index in [1.54, 1.807) is 6.92 Å². The summed E-state index contributed by atoms with van der Waals surface area (Å²) in [6, 6.07) is 0. The van der Waals surface area contributed by atoms with Gasteiger partial charge in [0.25, 0.3) is 0 Å².